The Labute approximate surface area is 131 Å². The van der Waals surface area contributed by atoms with Crippen molar-refractivity contribution >= 4 is 26.9 Å². The summed E-state index contributed by atoms with van der Waals surface area (Å²) >= 11 is 3.47. The van der Waals surface area contributed by atoms with Crippen molar-refractivity contribution in [3.63, 3.8) is 0 Å². The maximum Gasteiger partial charge on any atom is 0.134 e. The van der Waals surface area contributed by atoms with E-state index in [1.165, 1.54) is 0 Å². The Hall–Kier alpha value is -2.09. The molecule has 1 unspecified atom stereocenters. The van der Waals surface area contributed by atoms with Gasteiger partial charge in [0.15, 0.2) is 0 Å². The van der Waals surface area contributed by atoms with Crippen LogP contribution in [-0.4, -0.2) is 0 Å². The third-order valence-electron chi connectivity index (χ3n) is 3.62. The molecule has 1 atom stereocenters. The van der Waals surface area contributed by atoms with Crippen LogP contribution in [0.2, 0.25) is 0 Å². The van der Waals surface area contributed by atoms with Gasteiger partial charge >= 0.3 is 0 Å². The van der Waals surface area contributed by atoms with Gasteiger partial charge in [-0.15, -0.1) is 0 Å². The Morgan fingerprint density at radius 1 is 1.19 bits per heavy atom. The molecule has 0 aliphatic rings. The topological polar surface area (TPSA) is 63.0 Å². The summed E-state index contributed by atoms with van der Waals surface area (Å²) in [4.78, 5) is 0. The Bertz CT molecular complexity index is 844. The smallest absolute Gasteiger partial charge is 0.134 e. The molecule has 3 aromatic rings. The number of nitrogens with two attached hydrogens (primary N) is 1. The van der Waals surface area contributed by atoms with Crippen LogP contribution in [0.15, 0.2) is 51.4 Å². The molecule has 104 valence electrons. The van der Waals surface area contributed by atoms with Crippen molar-refractivity contribution in [2.75, 3.05) is 0 Å². The highest BCUT2D eigenvalue weighted by Crippen LogP contribution is 2.33. The number of nitriles is 1. The molecule has 3 nitrogen and oxygen atoms in total. The van der Waals surface area contributed by atoms with Crippen molar-refractivity contribution in [3.05, 3.63) is 69.4 Å². The fourth-order valence-corrected chi connectivity index (χ4v) is 2.79. The molecule has 0 saturated heterocycles. The van der Waals surface area contributed by atoms with Crippen LogP contribution in [0.1, 0.15) is 28.5 Å². The summed E-state index contributed by atoms with van der Waals surface area (Å²) in [6.07, 6.45) is 0. The van der Waals surface area contributed by atoms with E-state index >= 15 is 0 Å². The predicted octanol–water partition coefficient (Wildman–Crippen LogP) is 4.42. The third kappa shape index (κ3) is 2.46. The van der Waals surface area contributed by atoms with Crippen LogP contribution < -0.4 is 5.73 Å². The molecule has 4 heteroatoms. The molecule has 21 heavy (non-hydrogen) atoms. The van der Waals surface area contributed by atoms with Crippen LogP contribution in [-0.2, 0) is 0 Å². The molecule has 0 spiro atoms. The first-order valence-corrected chi connectivity index (χ1v) is 7.33. The normalized spacial score (nSPS) is 12.3. The zero-order chi connectivity index (χ0) is 15.0. The maximum absolute atomic E-state index is 8.85. The number of hydrogen-bond acceptors (Lipinski definition) is 3. The lowest BCUT2D eigenvalue weighted by Gasteiger charge is -2.10. The lowest BCUT2D eigenvalue weighted by molar-refractivity contribution is 0.521. The maximum atomic E-state index is 8.85. The largest absolute Gasteiger partial charge is 0.459 e. The van der Waals surface area contributed by atoms with Crippen molar-refractivity contribution < 1.29 is 4.42 Å². The molecule has 3 rings (SSSR count). The molecule has 1 heterocycles. The number of fused-ring (bicyclic) bond motifs is 1. The van der Waals surface area contributed by atoms with E-state index in [9.17, 15) is 0 Å². The molecule has 0 amide bonds. The van der Waals surface area contributed by atoms with E-state index in [1.807, 2.05) is 37.3 Å². The Kier molecular flexibility index (Phi) is 3.54. The number of nitrogens with zero attached hydrogens (tertiary/aromatic N) is 1. The lowest BCUT2D eigenvalue weighted by Crippen LogP contribution is -2.11. The number of furan rings is 1. The molecule has 0 saturated carbocycles. The van der Waals surface area contributed by atoms with Gasteiger partial charge in [-0.1, -0.05) is 28.1 Å². The van der Waals surface area contributed by atoms with E-state index in [0.717, 1.165) is 32.3 Å². The molecular formula is C17H13BrN2O. The fraction of sp³-hybridized carbons (Fsp3) is 0.118. The average Bonchev–Trinajstić information content (AvgIpc) is 2.83. The van der Waals surface area contributed by atoms with Crippen molar-refractivity contribution in [1.29, 1.82) is 5.26 Å². The monoisotopic (exact) mass is 340 g/mol. The Morgan fingerprint density at radius 2 is 1.90 bits per heavy atom. The van der Waals surface area contributed by atoms with E-state index in [2.05, 4.69) is 22.0 Å². The molecular weight excluding hydrogens is 328 g/mol. The van der Waals surface area contributed by atoms with Gasteiger partial charge in [0.2, 0.25) is 0 Å². The van der Waals surface area contributed by atoms with Crippen molar-refractivity contribution in [2.24, 2.45) is 5.73 Å². The molecule has 0 aliphatic heterocycles. The lowest BCUT2D eigenvalue weighted by atomic mass is 10.0. The standard InChI is InChI=1S/C17H13BrN2O/c1-10-14-8-13(18)6-7-15(14)21-17(10)16(20)12-4-2-11(9-19)3-5-12/h2-8,16H,20H2,1H3. The SMILES string of the molecule is Cc1c(C(N)c2ccc(C#N)cc2)oc2ccc(Br)cc12. The Balaban J connectivity index is 2.06. The second-order valence-electron chi connectivity index (χ2n) is 4.94. The second-order valence-corrected chi connectivity index (χ2v) is 5.86. The van der Waals surface area contributed by atoms with E-state index in [0.29, 0.717) is 5.56 Å². The van der Waals surface area contributed by atoms with Crippen LogP contribution in [0.25, 0.3) is 11.0 Å². The fourth-order valence-electron chi connectivity index (χ4n) is 2.43. The second kappa shape index (κ2) is 5.36. The summed E-state index contributed by atoms with van der Waals surface area (Å²) in [5.41, 5.74) is 9.74. The highest BCUT2D eigenvalue weighted by Gasteiger charge is 2.18. The van der Waals surface area contributed by atoms with Crippen LogP contribution >= 0.6 is 15.9 Å². The molecule has 0 radical (unpaired) electrons. The van der Waals surface area contributed by atoms with Gasteiger partial charge in [-0.05, 0) is 42.8 Å². The van der Waals surface area contributed by atoms with Gasteiger partial charge in [0.25, 0.3) is 0 Å². The van der Waals surface area contributed by atoms with Gasteiger partial charge in [-0.3, -0.25) is 0 Å². The van der Waals surface area contributed by atoms with Crippen molar-refractivity contribution in [2.45, 2.75) is 13.0 Å². The third-order valence-corrected chi connectivity index (χ3v) is 4.11. The number of aryl methyl sites for hydroxylation is 1. The van der Waals surface area contributed by atoms with Gasteiger partial charge in [-0.25, -0.2) is 0 Å². The zero-order valence-electron chi connectivity index (χ0n) is 11.4. The first-order chi connectivity index (χ1) is 10.1. The minimum Gasteiger partial charge on any atom is -0.459 e. The van der Waals surface area contributed by atoms with Gasteiger partial charge in [-0.2, -0.15) is 5.26 Å². The highest BCUT2D eigenvalue weighted by atomic mass is 79.9. The minimum absolute atomic E-state index is 0.344. The summed E-state index contributed by atoms with van der Waals surface area (Å²) in [5, 5.41) is 9.90. The van der Waals surface area contributed by atoms with E-state index in [4.69, 9.17) is 15.4 Å². The molecule has 2 N–H and O–H groups in total. The van der Waals surface area contributed by atoms with E-state index in [1.54, 1.807) is 12.1 Å². The number of halogens is 1. The first-order valence-electron chi connectivity index (χ1n) is 6.54. The van der Waals surface area contributed by atoms with Crippen LogP contribution in [0.4, 0.5) is 0 Å². The van der Waals surface area contributed by atoms with E-state index in [-0.39, 0.29) is 6.04 Å². The molecule has 2 aromatic carbocycles. The Morgan fingerprint density at radius 3 is 2.57 bits per heavy atom. The number of hydrogen-bond donors (Lipinski definition) is 1. The van der Waals surface area contributed by atoms with Gasteiger partial charge < -0.3 is 10.2 Å². The highest BCUT2D eigenvalue weighted by molar-refractivity contribution is 9.10. The van der Waals surface area contributed by atoms with E-state index < -0.39 is 0 Å². The molecule has 1 aromatic heterocycles. The summed E-state index contributed by atoms with van der Waals surface area (Å²) in [5.74, 6) is 0.757. The first kappa shape index (κ1) is 13.9. The number of benzene rings is 2. The van der Waals surface area contributed by atoms with Crippen molar-refractivity contribution in [3.8, 4) is 6.07 Å². The van der Waals surface area contributed by atoms with Crippen LogP contribution in [0, 0.1) is 18.3 Å². The summed E-state index contributed by atoms with van der Waals surface area (Å²) in [7, 11) is 0. The summed E-state index contributed by atoms with van der Waals surface area (Å²) in [6.45, 7) is 2.01. The van der Waals surface area contributed by atoms with Crippen molar-refractivity contribution in [1.82, 2.24) is 0 Å². The molecule has 0 fully saturated rings. The molecule has 0 aliphatic carbocycles. The summed E-state index contributed by atoms with van der Waals surface area (Å²) < 4.78 is 6.93. The molecule has 0 bridgehead atoms. The number of rotatable bonds is 2. The van der Waals surface area contributed by atoms with Gasteiger partial charge in [0, 0.05) is 15.4 Å². The zero-order valence-corrected chi connectivity index (χ0v) is 13.0. The van der Waals surface area contributed by atoms with Crippen LogP contribution in [0.5, 0.6) is 0 Å². The van der Waals surface area contributed by atoms with Crippen LogP contribution in [0.3, 0.4) is 0 Å². The van der Waals surface area contributed by atoms with Gasteiger partial charge in [0.05, 0.1) is 17.7 Å². The quantitative estimate of drug-likeness (QED) is 0.750. The minimum atomic E-state index is -0.344. The predicted molar refractivity (Wildman–Crippen MR) is 85.8 cm³/mol. The summed E-state index contributed by atoms with van der Waals surface area (Å²) in [6, 6.07) is 14.9. The average molecular weight is 341 g/mol. The van der Waals surface area contributed by atoms with Gasteiger partial charge in [0.1, 0.15) is 11.3 Å².